The van der Waals surface area contributed by atoms with Gasteiger partial charge in [-0.2, -0.15) is 0 Å². The van der Waals surface area contributed by atoms with E-state index in [4.69, 9.17) is 5.73 Å². The maximum absolute atomic E-state index is 5.93. The van der Waals surface area contributed by atoms with Crippen LogP contribution in [0.25, 0.3) is 0 Å². The molecule has 0 saturated heterocycles. The average molecular weight is 203 g/mol. The molecule has 2 rings (SSSR count). The molecule has 1 nitrogen and oxygen atoms in total. The highest BCUT2D eigenvalue weighted by atomic mass is 14.6. The van der Waals surface area contributed by atoms with Crippen LogP contribution in [-0.2, 0) is 11.8 Å². The van der Waals surface area contributed by atoms with Gasteiger partial charge in [0.25, 0.3) is 0 Å². The number of nitrogens with two attached hydrogens (primary N) is 1. The maximum atomic E-state index is 5.93. The minimum absolute atomic E-state index is 0.317. The van der Waals surface area contributed by atoms with Crippen LogP contribution in [-0.4, -0.2) is 6.54 Å². The third-order valence-corrected chi connectivity index (χ3v) is 4.04. The summed E-state index contributed by atoms with van der Waals surface area (Å²) >= 11 is 0. The van der Waals surface area contributed by atoms with Gasteiger partial charge in [0.2, 0.25) is 0 Å². The summed E-state index contributed by atoms with van der Waals surface area (Å²) in [4.78, 5) is 0. The Morgan fingerprint density at radius 3 is 2.53 bits per heavy atom. The largest absolute Gasteiger partial charge is 0.330 e. The molecule has 0 heterocycles. The van der Waals surface area contributed by atoms with E-state index in [0.717, 1.165) is 13.0 Å². The third kappa shape index (κ3) is 1.69. The van der Waals surface area contributed by atoms with Gasteiger partial charge in [-0.15, -0.1) is 0 Å². The molecule has 0 spiro atoms. The molecule has 0 unspecified atom stereocenters. The molecule has 82 valence electrons. The summed E-state index contributed by atoms with van der Waals surface area (Å²) in [6.07, 6.45) is 5.01. The molecule has 15 heavy (non-hydrogen) atoms. The van der Waals surface area contributed by atoms with Crippen LogP contribution in [0.3, 0.4) is 0 Å². The Kier molecular flexibility index (Phi) is 2.83. The SMILES string of the molecule is CCc1cc(C2(CN)CCC2)ccc1C. The van der Waals surface area contributed by atoms with Crippen molar-refractivity contribution in [2.75, 3.05) is 6.54 Å². The number of benzene rings is 1. The Balaban J connectivity index is 2.36. The average Bonchev–Trinajstić information content (AvgIpc) is 2.19. The van der Waals surface area contributed by atoms with E-state index in [0.29, 0.717) is 5.41 Å². The molecule has 0 aromatic heterocycles. The van der Waals surface area contributed by atoms with Crippen molar-refractivity contribution < 1.29 is 0 Å². The van der Waals surface area contributed by atoms with Crippen LogP contribution in [0.5, 0.6) is 0 Å². The molecule has 1 aliphatic rings. The summed E-state index contributed by atoms with van der Waals surface area (Å²) < 4.78 is 0. The molecule has 1 fully saturated rings. The molecule has 1 aliphatic carbocycles. The highest BCUT2D eigenvalue weighted by Gasteiger charge is 2.37. The molecule has 1 saturated carbocycles. The van der Waals surface area contributed by atoms with Gasteiger partial charge >= 0.3 is 0 Å². The van der Waals surface area contributed by atoms with E-state index in [9.17, 15) is 0 Å². The van der Waals surface area contributed by atoms with E-state index in [2.05, 4.69) is 32.0 Å². The van der Waals surface area contributed by atoms with Crippen LogP contribution >= 0.6 is 0 Å². The van der Waals surface area contributed by atoms with Gasteiger partial charge in [0.05, 0.1) is 0 Å². The van der Waals surface area contributed by atoms with Crippen molar-refractivity contribution in [1.82, 2.24) is 0 Å². The smallest absolute Gasteiger partial charge is 0.00756 e. The Labute approximate surface area is 92.7 Å². The van der Waals surface area contributed by atoms with Crippen LogP contribution < -0.4 is 5.73 Å². The lowest BCUT2D eigenvalue weighted by atomic mass is 9.64. The van der Waals surface area contributed by atoms with E-state index >= 15 is 0 Å². The molecule has 0 bridgehead atoms. The number of hydrogen-bond donors (Lipinski definition) is 1. The van der Waals surface area contributed by atoms with E-state index < -0.39 is 0 Å². The first-order valence-corrected chi connectivity index (χ1v) is 6.02. The van der Waals surface area contributed by atoms with Gasteiger partial charge in [0, 0.05) is 12.0 Å². The molecule has 0 amide bonds. The zero-order chi connectivity index (χ0) is 10.9. The maximum Gasteiger partial charge on any atom is 0.00756 e. The lowest BCUT2D eigenvalue weighted by Crippen LogP contribution is -2.41. The van der Waals surface area contributed by atoms with Crippen molar-refractivity contribution in [3.05, 3.63) is 34.9 Å². The van der Waals surface area contributed by atoms with Crippen molar-refractivity contribution in [1.29, 1.82) is 0 Å². The van der Waals surface area contributed by atoms with E-state index in [1.165, 1.54) is 36.0 Å². The minimum Gasteiger partial charge on any atom is -0.330 e. The first-order chi connectivity index (χ1) is 7.22. The highest BCUT2D eigenvalue weighted by molar-refractivity contribution is 5.37. The minimum atomic E-state index is 0.317. The van der Waals surface area contributed by atoms with E-state index in [-0.39, 0.29) is 0 Å². The van der Waals surface area contributed by atoms with Crippen molar-refractivity contribution in [3.63, 3.8) is 0 Å². The fraction of sp³-hybridized carbons (Fsp3) is 0.571. The molecule has 2 N–H and O–H groups in total. The fourth-order valence-corrected chi connectivity index (χ4v) is 2.60. The van der Waals surface area contributed by atoms with Gasteiger partial charge in [-0.05, 0) is 42.9 Å². The molecule has 1 aromatic carbocycles. The molecule has 0 aliphatic heterocycles. The molecular formula is C14H21N. The predicted octanol–water partition coefficient (Wildman–Crippen LogP) is 2.94. The summed E-state index contributed by atoms with van der Waals surface area (Å²) in [5, 5.41) is 0. The van der Waals surface area contributed by atoms with Crippen molar-refractivity contribution in [2.45, 2.75) is 44.9 Å². The van der Waals surface area contributed by atoms with Gasteiger partial charge in [-0.1, -0.05) is 31.5 Å². The Morgan fingerprint density at radius 1 is 1.33 bits per heavy atom. The molecule has 0 atom stereocenters. The van der Waals surface area contributed by atoms with Gasteiger partial charge in [-0.3, -0.25) is 0 Å². The quantitative estimate of drug-likeness (QED) is 0.803. The highest BCUT2D eigenvalue weighted by Crippen LogP contribution is 2.43. The second-order valence-corrected chi connectivity index (χ2v) is 4.83. The Morgan fingerprint density at radius 2 is 2.07 bits per heavy atom. The van der Waals surface area contributed by atoms with E-state index in [1.54, 1.807) is 0 Å². The molecule has 1 aromatic rings. The van der Waals surface area contributed by atoms with Gasteiger partial charge in [-0.25, -0.2) is 0 Å². The van der Waals surface area contributed by atoms with Crippen LogP contribution in [0.1, 0.15) is 42.9 Å². The van der Waals surface area contributed by atoms with Crippen molar-refractivity contribution in [3.8, 4) is 0 Å². The van der Waals surface area contributed by atoms with Gasteiger partial charge in [0.1, 0.15) is 0 Å². The lowest BCUT2D eigenvalue weighted by Gasteiger charge is -2.41. The summed E-state index contributed by atoms with van der Waals surface area (Å²) in [6, 6.07) is 6.91. The normalized spacial score (nSPS) is 18.6. The first kappa shape index (κ1) is 10.7. The predicted molar refractivity (Wildman–Crippen MR) is 65.1 cm³/mol. The summed E-state index contributed by atoms with van der Waals surface area (Å²) in [6.45, 7) is 5.22. The summed E-state index contributed by atoms with van der Waals surface area (Å²) in [5.41, 5.74) is 10.6. The zero-order valence-corrected chi connectivity index (χ0v) is 9.84. The second kappa shape index (κ2) is 3.97. The Hall–Kier alpha value is -0.820. The van der Waals surface area contributed by atoms with Crippen LogP contribution in [0.2, 0.25) is 0 Å². The van der Waals surface area contributed by atoms with Crippen molar-refractivity contribution in [2.24, 2.45) is 5.73 Å². The van der Waals surface area contributed by atoms with Crippen LogP contribution in [0, 0.1) is 6.92 Å². The third-order valence-electron chi connectivity index (χ3n) is 4.04. The van der Waals surface area contributed by atoms with E-state index in [1.807, 2.05) is 0 Å². The topological polar surface area (TPSA) is 26.0 Å². The van der Waals surface area contributed by atoms with Crippen LogP contribution in [0.4, 0.5) is 0 Å². The number of hydrogen-bond acceptors (Lipinski definition) is 1. The van der Waals surface area contributed by atoms with Gasteiger partial charge < -0.3 is 5.73 Å². The lowest BCUT2D eigenvalue weighted by molar-refractivity contribution is 0.253. The summed E-state index contributed by atoms with van der Waals surface area (Å²) in [7, 11) is 0. The Bertz CT molecular complexity index is 345. The molecular weight excluding hydrogens is 182 g/mol. The van der Waals surface area contributed by atoms with Crippen LogP contribution in [0.15, 0.2) is 18.2 Å². The second-order valence-electron chi connectivity index (χ2n) is 4.83. The first-order valence-electron chi connectivity index (χ1n) is 6.02. The molecule has 1 heteroatoms. The zero-order valence-electron chi connectivity index (χ0n) is 9.84. The monoisotopic (exact) mass is 203 g/mol. The molecule has 0 radical (unpaired) electrons. The number of aryl methyl sites for hydroxylation is 2. The van der Waals surface area contributed by atoms with Gasteiger partial charge in [0.15, 0.2) is 0 Å². The standard InChI is InChI=1S/C14H21N/c1-3-12-9-13(6-5-11(12)2)14(10-15)7-4-8-14/h5-6,9H,3-4,7-8,10,15H2,1-2H3. The fourth-order valence-electron chi connectivity index (χ4n) is 2.60. The number of rotatable bonds is 3. The summed E-state index contributed by atoms with van der Waals surface area (Å²) in [5.74, 6) is 0. The van der Waals surface area contributed by atoms with Crippen molar-refractivity contribution >= 4 is 0 Å².